The van der Waals surface area contributed by atoms with Gasteiger partial charge in [-0.15, -0.1) is 0 Å². The summed E-state index contributed by atoms with van der Waals surface area (Å²) in [4.78, 5) is 4.16. The number of rotatable bonds is 5. The molecule has 1 aromatic heterocycles. The van der Waals surface area contributed by atoms with E-state index in [2.05, 4.69) is 10.3 Å². The number of ether oxygens (including phenoxy) is 1. The van der Waals surface area contributed by atoms with Crippen LogP contribution >= 0.6 is 0 Å². The summed E-state index contributed by atoms with van der Waals surface area (Å²) in [6.45, 7) is 0. The Kier molecular flexibility index (Phi) is 3.61. The quantitative estimate of drug-likeness (QED) is 0.910. The van der Waals surface area contributed by atoms with Gasteiger partial charge >= 0.3 is 0 Å². The highest BCUT2D eigenvalue weighted by Gasteiger charge is 2.24. The van der Waals surface area contributed by atoms with Crippen molar-refractivity contribution in [3.8, 4) is 11.8 Å². The smallest absolute Gasteiger partial charge is 0.232 e. The van der Waals surface area contributed by atoms with Crippen molar-refractivity contribution in [1.29, 1.82) is 5.26 Å². The summed E-state index contributed by atoms with van der Waals surface area (Å²) in [6, 6.07) is 10.1. The van der Waals surface area contributed by atoms with E-state index in [1.807, 2.05) is 36.4 Å². The van der Waals surface area contributed by atoms with Crippen molar-refractivity contribution in [2.75, 3.05) is 12.4 Å². The van der Waals surface area contributed by atoms with Gasteiger partial charge in [-0.3, -0.25) is 0 Å². The number of hydrogen-bond donors (Lipinski definition) is 1. The lowest BCUT2D eigenvalue weighted by molar-refractivity contribution is 0.414. The van der Waals surface area contributed by atoms with Crippen molar-refractivity contribution >= 4 is 18.0 Å². The normalized spacial score (nSPS) is 14.1. The first-order chi connectivity index (χ1) is 10.3. The molecule has 0 bridgehead atoms. The predicted octanol–water partition coefficient (Wildman–Crippen LogP) is 3.30. The Bertz CT molecular complexity index is 709. The van der Waals surface area contributed by atoms with Gasteiger partial charge in [0.1, 0.15) is 11.8 Å². The SMILES string of the molecule is COc1ccccc1/C=C/c1nc(C#N)c(NC2CC2)o1. The molecule has 5 nitrogen and oxygen atoms in total. The van der Waals surface area contributed by atoms with Gasteiger partial charge in [-0.05, 0) is 25.0 Å². The molecule has 0 saturated heterocycles. The summed E-state index contributed by atoms with van der Waals surface area (Å²) in [7, 11) is 1.63. The number of para-hydroxylation sites is 1. The number of nitrogens with zero attached hydrogens (tertiary/aromatic N) is 2. The summed E-state index contributed by atoms with van der Waals surface area (Å²) in [6.07, 6.45) is 5.80. The van der Waals surface area contributed by atoms with Crippen molar-refractivity contribution < 1.29 is 9.15 Å². The Balaban J connectivity index is 1.82. The average Bonchev–Trinajstić information content (AvgIpc) is 3.24. The number of hydrogen-bond acceptors (Lipinski definition) is 5. The van der Waals surface area contributed by atoms with Crippen LogP contribution < -0.4 is 10.1 Å². The second kappa shape index (κ2) is 5.71. The Labute approximate surface area is 122 Å². The van der Waals surface area contributed by atoms with E-state index in [4.69, 9.17) is 14.4 Å². The summed E-state index contributed by atoms with van der Waals surface area (Å²) in [5.41, 5.74) is 1.22. The molecule has 1 fully saturated rings. The van der Waals surface area contributed by atoms with Gasteiger partial charge in [0.05, 0.1) is 7.11 Å². The van der Waals surface area contributed by atoms with Crippen molar-refractivity contribution in [2.45, 2.75) is 18.9 Å². The van der Waals surface area contributed by atoms with Gasteiger partial charge in [0.2, 0.25) is 17.5 Å². The van der Waals surface area contributed by atoms with E-state index >= 15 is 0 Å². The molecule has 0 spiro atoms. The minimum Gasteiger partial charge on any atom is -0.496 e. The molecule has 1 aliphatic carbocycles. The van der Waals surface area contributed by atoms with Crippen LogP contribution in [-0.2, 0) is 0 Å². The van der Waals surface area contributed by atoms with E-state index in [9.17, 15) is 0 Å². The second-order valence-corrected chi connectivity index (χ2v) is 4.84. The second-order valence-electron chi connectivity index (χ2n) is 4.84. The molecule has 21 heavy (non-hydrogen) atoms. The summed E-state index contributed by atoms with van der Waals surface area (Å²) in [5.74, 6) is 1.64. The molecule has 1 aromatic carbocycles. The van der Waals surface area contributed by atoms with Gasteiger partial charge < -0.3 is 14.5 Å². The van der Waals surface area contributed by atoms with E-state index < -0.39 is 0 Å². The average molecular weight is 281 g/mol. The lowest BCUT2D eigenvalue weighted by Crippen LogP contribution is -2.00. The number of benzene rings is 1. The van der Waals surface area contributed by atoms with Crippen LogP contribution in [0.25, 0.3) is 12.2 Å². The predicted molar refractivity (Wildman–Crippen MR) is 79.8 cm³/mol. The third-order valence-corrected chi connectivity index (χ3v) is 3.21. The maximum atomic E-state index is 9.08. The van der Waals surface area contributed by atoms with Gasteiger partial charge in [-0.2, -0.15) is 10.2 Å². The zero-order valence-corrected chi connectivity index (χ0v) is 11.7. The number of anilines is 1. The van der Waals surface area contributed by atoms with Crippen LogP contribution in [0.4, 0.5) is 5.88 Å². The number of nitriles is 1. The van der Waals surface area contributed by atoms with Gasteiger partial charge in [0, 0.05) is 17.7 Å². The monoisotopic (exact) mass is 281 g/mol. The summed E-state index contributed by atoms with van der Waals surface area (Å²) < 4.78 is 10.9. The van der Waals surface area contributed by atoms with Gasteiger partial charge in [0.25, 0.3) is 0 Å². The zero-order chi connectivity index (χ0) is 14.7. The first-order valence-electron chi connectivity index (χ1n) is 6.78. The van der Waals surface area contributed by atoms with Crippen LogP contribution in [0.1, 0.15) is 30.0 Å². The molecule has 2 aromatic rings. The lowest BCUT2D eigenvalue weighted by atomic mass is 10.2. The van der Waals surface area contributed by atoms with E-state index in [0.29, 0.717) is 23.5 Å². The van der Waals surface area contributed by atoms with Crippen LogP contribution in [0.5, 0.6) is 5.75 Å². The summed E-state index contributed by atoms with van der Waals surface area (Å²) in [5, 5.41) is 12.2. The summed E-state index contributed by atoms with van der Waals surface area (Å²) >= 11 is 0. The Morgan fingerprint density at radius 3 is 2.90 bits per heavy atom. The van der Waals surface area contributed by atoms with Crippen LogP contribution in [0.15, 0.2) is 28.7 Å². The molecule has 3 rings (SSSR count). The van der Waals surface area contributed by atoms with Crippen LogP contribution in [-0.4, -0.2) is 18.1 Å². The standard InChI is InChI=1S/C16H15N3O2/c1-20-14-5-3-2-4-11(14)6-9-15-19-13(10-17)16(21-15)18-12-7-8-12/h2-6,9,12,18H,7-8H2,1H3/b9-6+. The van der Waals surface area contributed by atoms with E-state index in [1.54, 1.807) is 13.2 Å². The fourth-order valence-corrected chi connectivity index (χ4v) is 1.96. The molecule has 1 heterocycles. The Morgan fingerprint density at radius 1 is 1.38 bits per heavy atom. The highest BCUT2D eigenvalue weighted by atomic mass is 16.5. The van der Waals surface area contributed by atoms with Crippen molar-refractivity contribution in [3.05, 3.63) is 41.4 Å². The first-order valence-corrected chi connectivity index (χ1v) is 6.78. The van der Waals surface area contributed by atoms with Crippen LogP contribution in [0.2, 0.25) is 0 Å². The highest BCUT2D eigenvalue weighted by Crippen LogP contribution is 2.28. The van der Waals surface area contributed by atoms with Gasteiger partial charge in [-0.25, -0.2) is 0 Å². The van der Waals surface area contributed by atoms with Crippen LogP contribution in [0.3, 0.4) is 0 Å². The van der Waals surface area contributed by atoms with E-state index in [1.165, 1.54) is 0 Å². The number of aromatic nitrogens is 1. The minimum atomic E-state index is 0.293. The third kappa shape index (κ3) is 3.06. The molecular formula is C16H15N3O2. The molecular weight excluding hydrogens is 266 g/mol. The zero-order valence-electron chi connectivity index (χ0n) is 11.7. The van der Waals surface area contributed by atoms with E-state index in [0.717, 1.165) is 24.2 Å². The minimum absolute atomic E-state index is 0.293. The number of methoxy groups -OCH3 is 1. The molecule has 1 saturated carbocycles. The molecule has 5 heteroatoms. The van der Waals surface area contributed by atoms with Crippen molar-refractivity contribution in [1.82, 2.24) is 4.98 Å². The van der Waals surface area contributed by atoms with E-state index in [-0.39, 0.29) is 0 Å². The van der Waals surface area contributed by atoms with Crippen LogP contribution in [0, 0.1) is 11.3 Å². The molecule has 1 N–H and O–H groups in total. The number of oxazole rings is 1. The molecule has 0 unspecified atom stereocenters. The molecule has 1 aliphatic rings. The van der Waals surface area contributed by atoms with Gasteiger partial charge in [0.15, 0.2) is 0 Å². The molecule has 0 amide bonds. The third-order valence-electron chi connectivity index (χ3n) is 3.21. The fourth-order valence-electron chi connectivity index (χ4n) is 1.96. The lowest BCUT2D eigenvalue weighted by Gasteiger charge is -2.02. The fraction of sp³-hybridized carbons (Fsp3) is 0.250. The topological polar surface area (TPSA) is 71.1 Å². The maximum Gasteiger partial charge on any atom is 0.232 e. The first kappa shape index (κ1) is 13.3. The van der Waals surface area contributed by atoms with Crippen molar-refractivity contribution in [2.24, 2.45) is 0 Å². The maximum absolute atomic E-state index is 9.08. The Morgan fingerprint density at radius 2 is 2.19 bits per heavy atom. The molecule has 0 aliphatic heterocycles. The molecule has 0 atom stereocenters. The largest absolute Gasteiger partial charge is 0.496 e. The van der Waals surface area contributed by atoms with Crippen molar-refractivity contribution in [3.63, 3.8) is 0 Å². The Hall–Kier alpha value is -2.74. The molecule has 0 radical (unpaired) electrons. The highest BCUT2D eigenvalue weighted by molar-refractivity contribution is 5.70. The van der Waals surface area contributed by atoms with Gasteiger partial charge in [-0.1, -0.05) is 18.2 Å². The molecule has 106 valence electrons. The number of nitrogens with one attached hydrogen (secondary N) is 1.